The number of anilines is 2. The van der Waals surface area contributed by atoms with Gasteiger partial charge in [0.05, 0.1) is 35.1 Å². The van der Waals surface area contributed by atoms with Crippen molar-refractivity contribution in [2.24, 2.45) is 0 Å². The van der Waals surface area contributed by atoms with Crippen LogP contribution in [0.2, 0.25) is 0 Å². The van der Waals surface area contributed by atoms with Crippen LogP contribution in [0.4, 0.5) is 11.4 Å². The van der Waals surface area contributed by atoms with Crippen molar-refractivity contribution in [2.75, 3.05) is 18.4 Å². The summed E-state index contributed by atoms with van der Waals surface area (Å²) in [4.78, 5) is 19.4. The van der Waals surface area contributed by atoms with Gasteiger partial charge in [-0.15, -0.1) is 11.3 Å². The number of aryl methyl sites for hydroxylation is 1. The van der Waals surface area contributed by atoms with Crippen LogP contribution in [-0.4, -0.2) is 49.4 Å². The van der Waals surface area contributed by atoms with E-state index in [1.807, 2.05) is 65.2 Å². The molecule has 32 heavy (non-hydrogen) atoms. The Kier molecular flexibility index (Phi) is 5.40. The first-order valence-electron chi connectivity index (χ1n) is 10.7. The van der Waals surface area contributed by atoms with Crippen molar-refractivity contribution < 1.29 is 9.90 Å². The number of aromatic nitrogens is 3. The van der Waals surface area contributed by atoms with Crippen LogP contribution in [0.3, 0.4) is 0 Å². The third kappa shape index (κ3) is 4.11. The van der Waals surface area contributed by atoms with E-state index < -0.39 is 5.60 Å². The van der Waals surface area contributed by atoms with Crippen LogP contribution in [0, 0.1) is 6.92 Å². The minimum atomic E-state index is -0.889. The molecule has 1 aliphatic heterocycles. The fourth-order valence-corrected chi connectivity index (χ4v) is 4.96. The van der Waals surface area contributed by atoms with E-state index in [9.17, 15) is 9.90 Å². The predicted molar refractivity (Wildman–Crippen MR) is 126 cm³/mol. The number of carbonyl (C=O) groups is 1. The van der Waals surface area contributed by atoms with Gasteiger partial charge in [0.2, 0.25) is 0 Å². The molecule has 2 aromatic heterocycles. The quantitative estimate of drug-likeness (QED) is 0.479. The van der Waals surface area contributed by atoms with Crippen LogP contribution in [-0.2, 0) is 6.54 Å². The SMILES string of the molecule is Cc1ncsc1C(=O)N1CCC(O)(Cn2ncc3cc(Nc4ccccc4)ccc32)CC1. The van der Waals surface area contributed by atoms with Crippen molar-refractivity contribution in [3.63, 3.8) is 0 Å². The molecule has 1 amide bonds. The van der Waals surface area contributed by atoms with Crippen LogP contribution in [0.15, 0.2) is 60.2 Å². The average molecular weight is 448 g/mol. The summed E-state index contributed by atoms with van der Waals surface area (Å²) in [6.07, 6.45) is 2.87. The van der Waals surface area contributed by atoms with Gasteiger partial charge in [0.15, 0.2) is 0 Å². The first-order chi connectivity index (χ1) is 15.5. The van der Waals surface area contributed by atoms with E-state index in [0.717, 1.165) is 28.0 Å². The van der Waals surface area contributed by atoms with Gasteiger partial charge in [0.25, 0.3) is 5.91 Å². The number of likely N-dealkylation sites (tertiary alicyclic amines) is 1. The Bertz CT molecular complexity index is 1240. The van der Waals surface area contributed by atoms with E-state index in [1.165, 1.54) is 11.3 Å². The van der Waals surface area contributed by atoms with E-state index in [-0.39, 0.29) is 5.91 Å². The van der Waals surface area contributed by atoms with Gasteiger partial charge in [-0.1, -0.05) is 18.2 Å². The molecule has 0 aliphatic carbocycles. The molecule has 164 valence electrons. The van der Waals surface area contributed by atoms with Crippen LogP contribution in [0.5, 0.6) is 0 Å². The topological polar surface area (TPSA) is 83.3 Å². The van der Waals surface area contributed by atoms with Crippen molar-refractivity contribution in [1.29, 1.82) is 0 Å². The third-order valence-electron chi connectivity index (χ3n) is 6.07. The van der Waals surface area contributed by atoms with Gasteiger partial charge in [0.1, 0.15) is 4.88 Å². The smallest absolute Gasteiger partial charge is 0.265 e. The maximum absolute atomic E-state index is 12.7. The molecule has 2 aromatic carbocycles. The Morgan fingerprint density at radius 3 is 2.66 bits per heavy atom. The Hall–Kier alpha value is -3.23. The molecule has 1 saturated heterocycles. The molecule has 0 radical (unpaired) electrons. The van der Waals surface area contributed by atoms with E-state index in [2.05, 4.69) is 21.5 Å². The van der Waals surface area contributed by atoms with Crippen LogP contribution in [0.1, 0.15) is 28.2 Å². The highest BCUT2D eigenvalue weighted by atomic mass is 32.1. The lowest BCUT2D eigenvalue weighted by atomic mass is 9.91. The second kappa shape index (κ2) is 8.37. The zero-order valence-electron chi connectivity index (χ0n) is 17.9. The van der Waals surface area contributed by atoms with Gasteiger partial charge in [-0.25, -0.2) is 4.98 Å². The molecular formula is C24H25N5O2S. The van der Waals surface area contributed by atoms with Crippen molar-refractivity contribution in [2.45, 2.75) is 31.9 Å². The Balaban J connectivity index is 1.26. The third-order valence-corrected chi connectivity index (χ3v) is 6.99. The minimum absolute atomic E-state index is 0.00929. The van der Waals surface area contributed by atoms with E-state index in [1.54, 1.807) is 5.51 Å². The number of thiazole rings is 1. The fraction of sp³-hybridized carbons (Fsp3) is 0.292. The molecule has 0 atom stereocenters. The summed E-state index contributed by atoms with van der Waals surface area (Å²) in [5, 5.41) is 20.2. The zero-order chi connectivity index (χ0) is 22.1. The summed E-state index contributed by atoms with van der Waals surface area (Å²) in [7, 11) is 0. The maximum Gasteiger partial charge on any atom is 0.265 e. The number of aliphatic hydroxyl groups is 1. The number of para-hydroxylation sites is 1. The van der Waals surface area contributed by atoms with Gasteiger partial charge in [-0.05, 0) is 50.1 Å². The number of carbonyl (C=O) groups excluding carboxylic acids is 1. The highest BCUT2D eigenvalue weighted by Crippen LogP contribution is 2.29. The number of rotatable bonds is 5. The van der Waals surface area contributed by atoms with Crippen molar-refractivity contribution >= 4 is 39.5 Å². The monoisotopic (exact) mass is 447 g/mol. The van der Waals surface area contributed by atoms with Crippen LogP contribution < -0.4 is 5.32 Å². The Morgan fingerprint density at radius 1 is 1.16 bits per heavy atom. The summed E-state index contributed by atoms with van der Waals surface area (Å²) in [6, 6.07) is 16.2. The number of nitrogens with zero attached hydrogens (tertiary/aromatic N) is 4. The molecule has 1 aliphatic rings. The van der Waals surface area contributed by atoms with Gasteiger partial charge in [0, 0.05) is 29.9 Å². The van der Waals surface area contributed by atoms with Crippen molar-refractivity contribution in [1.82, 2.24) is 19.7 Å². The summed E-state index contributed by atoms with van der Waals surface area (Å²) >= 11 is 1.37. The van der Waals surface area contributed by atoms with Crippen molar-refractivity contribution in [3.8, 4) is 0 Å². The lowest BCUT2D eigenvalue weighted by molar-refractivity contribution is -0.0305. The largest absolute Gasteiger partial charge is 0.388 e. The molecule has 4 aromatic rings. The molecule has 2 N–H and O–H groups in total. The van der Waals surface area contributed by atoms with Gasteiger partial charge >= 0.3 is 0 Å². The number of piperidine rings is 1. The van der Waals surface area contributed by atoms with Gasteiger partial charge in [-0.3, -0.25) is 9.48 Å². The van der Waals surface area contributed by atoms with Crippen LogP contribution in [0.25, 0.3) is 10.9 Å². The van der Waals surface area contributed by atoms with Gasteiger partial charge < -0.3 is 15.3 Å². The first-order valence-corrected chi connectivity index (χ1v) is 11.6. The average Bonchev–Trinajstić information content (AvgIpc) is 3.40. The molecule has 8 heteroatoms. The molecular weight excluding hydrogens is 422 g/mol. The first kappa shape index (κ1) is 20.7. The number of hydrogen-bond donors (Lipinski definition) is 2. The Morgan fingerprint density at radius 2 is 1.94 bits per heavy atom. The molecule has 0 saturated carbocycles. The van der Waals surface area contributed by atoms with E-state index >= 15 is 0 Å². The molecule has 0 unspecified atom stereocenters. The van der Waals surface area contributed by atoms with E-state index in [4.69, 9.17) is 0 Å². The number of nitrogens with one attached hydrogen (secondary N) is 1. The minimum Gasteiger partial charge on any atom is -0.388 e. The molecule has 1 fully saturated rings. The fourth-order valence-electron chi connectivity index (χ4n) is 4.19. The standard InChI is InChI=1S/C24H25N5O2S/c1-17-22(32-16-25-17)23(30)28-11-9-24(31,10-12-28)15-29-21-8-7-20(13-18(21)14-26-29)27-19-5-3-2-4-6-19/h2-8,13-14,16,27,31H,9-12,15H2,1H3. The summed E-state index contributed by atoms with van der Waals surface area (Å²) < 4.78 is 1.87. The summed E-state index contributed by atoms with van der Waals surface area (Å²) in [5.74, 6) is 0.00929. The summed E-state index contributed by atoms with van der Waals surface area (Å²) in [6.45, 7) is 3.31. The number of amides is 1. The van der Waals surface area contributed by atoms with Crippen molar-refractivity contribution in [3.05, 3.63) is 70.8 Å². The Labute approximate surface area is 190 Å². The number of benzene rings is 2. The van der Waals surface area contributed by atoms with E-state index in [0.29, 0.717) is 37.4 Å². The maximum atomic E-state index is 12.7. The normalized spacial score (nSPS) is 15.8. The molecule has 0 bridgehead atoms. The second-order valence-corrected chi connectivity index (χ2v) is 9.21. The predicted octanol–water partition coefficient (Wildman–Crippen LogP) is 4.21. The molecule has 3 heterocycles. The number of hydrogen-bond acceptors (Lipinski definition) is 6. The van der Waals surface area contributed by atoms with Crippen LogP contribution >= 0.6 is 11.3 Å². The molecule has 0 spiro atoms. The zero-order valence-corrected chi connectivity index (χ0v) is 18.7. The lowest BCUT2D eigenvalue weighted by Gasteiger charge is -2.38. The highest BCUT2D eigenvalue weighted by molar-refractivity contribution is 7.11. The molecule has 5 rings (SSSR count). The molecule has 7 nitrogen and oxygen atoms in total. The second-order valence-electron chi connectivity index (χ2n) is 8.35. The highest BCUT2D eigenvalue weighted by Gasteiger charge is 2.35. The summed E-state index contributed by atoms with van der Waals surface area (Å²) in [5.41, 5.74) is 4.59. The number of fused-ring (bicyclic) bond motifs is 1. The lowest BCUT2D eigenvalue weighted by Crippen LogP contribution is -2.48. The van der Waals surface area contributed by atoms with Gasteiger partial charge in [-0.2, -0.15) is 5.10 Å².